The van der Waals surface area contributed by atoms with Crippen molar-refractivity contribution in [3.63, 3.8) is 0 Å². The van der Waals surface area contributed by atoms with Gasteiger partial charge in [-0.25, -0.2) is 4.98 Å². The van der Waals surface area contributed by atoms with Crippen LogP contribution >= 0.6 is 11.3 Å². The van der Waals surface area contributed by atoms with Crippen molar-refractivity contribution in [3.05, 3.63) is 48.0 Å². The van der Waals surface area contributed by atoms with Crippen LogP contribution in [0.25, 0.3) is 10.2 Å². The summed E-state index contributed by atoms with van der Waals surface area (Å²) in [5, 5.41) is 6.15. The summed E-state index contributed by atoms with van der Waals surface area (Å²) in [5.74, 6) is 0.223. The lowest BCUT2D eigenvalue weighted by molar-refractivity contribution is -0.119. The lowest BCUT2D eigenvalue weighted by atomic mass is 10.2. The molecule has 0 bridgehead atoms. The average molecular weight is 383 g/mol. The quantitative estimate of drug-likeness (QED) is 0.668. The van der Waals surface area contributed by atoms with Crippen LogP contribution in [-0.4, -0.2) is 23.4 Å². The van der Waals surface area contributed by atoms with Crippen molar-refractivity contribution in [3.8, 4) is 5.75 Å². The van der Waals surface area contributed by atoms with Gasteiger partial charge in [0.15, 0.2) is 11.7 Å². The van der Waals surface area contributed by atoms with E-state index in [1.54, 1.807) is 12.1 Å². The molecular weight excluding hydrogens is 362 g/mol. The molecule has 140 valence electrons. The number of hydrogen-bond acceptors (Lipinski definition) is 5. The van der Waals surface area contributed by atoms with E-state index in [4.69, 9.17) is 4.74 Å². The summed E-state index contributed by atoms with van der Waals surface area (Å²) in [6, 6.07) is 13.0. The second-order valence-corrected chi connectivity index (χ2v) is 7.53. The molecule has 2 amide bonds. The van der Waals surface area contributed by atoms with Crippen LogP contribution in [0.2, 0.25) is 0 Å². The van der Waals surface area contributed by atoms with Gasteiger partial charge in [0.05, 0.1) is 10.2 Å². The van der Waals surface area contributed by atoms with Crippen molar-refractivity contribution in [1.29, 1.82) is 0 Å². The topological polar surface area (TPSA) is 80.3 Å². The van der Waals surface area contributed by atoms with Crippen LogP contribution in [0.15, 0.2) is 42.5 Å². The number of aryl methyl sites for hydroxylation is 1. The predicted octanol–water partition coefficient (Wildman–Crippen LogP) is 4.22. The molecule has 0 saturated heterocycles. The van der Waals surface area contributed by atoms with Gasteiger partial charge in [0.2, 0.25) is 5.91 Å². The maximum absolute atomic E-state index is 12.1. The third kappa shape index (κ3) is 5.04. The molecule has 0 spiro atoms. The lowest BCUT2D eigenvalue weighted by Crippen LogP contribution is -2.20. The third-order valence-corrected chi connectivity index (χ3v) is 4.74. The Balaban J connectivity index is 1.62. The number of fused-ring (bicyclic) bond motifs is 1. The number of aromatic nitrogens is 1. The lowest BCUT2D eigenvalue weighted by Gasteiger charge is -2.08. The highest BCUT2D eigenvalue weighted by Crippen LogP contribution is 2.28. The SMILES string of the molecule is Cc1cccc(OCC(=O)Nc2ccc3sc(NC(=O)C(C)C)nc3c2)c1. The van der Waals surface area contributed by atoms with Gasteiger partial charge in [-0.15, -0.1) is 0 Å². The van der Waals surface area contributed by atoms with Crippen LogP contribution < -0.4 is 15.4 Å². The van der Waals surface area contributed by atoms with Gasteiger partial charge in [-0.3, -0.25) is 9.59 Å². The van der Waals surface area contributed by atoms with Crippen molar-refractivity contribution >= 4 is 44.2 Å². The first-order valence-corrected chi connectivity index (χ1v) is 9.43. The molecule has 6 nitrogen and oxygen atoms in total. The molecule has 0 unspecified atom stereocenters. The second-order valence-electron chi connectivity index (χ2n) is 6.50. The number of thiazole rings is 1. The average Bonchev–Trinajstić information content (AvgIpc) is 3.01. The van der Waals surface area contributed by atoms with Gasteiger partial charge in [-0.05, 0) is 42.8 Å². The number of carbonyl (C=O) groups excluding carboxylic acids is 2. The largest absolute Gasteiger partial charge is 0.484 e. The zero-order valence-electron chi connectivity index (χ0n) is 15.4. The smallest absolute Gasteiger partial charge is 0.262 e. The number of rotatable bonds is 6. The van der Waals surface area contributed by atoms with E-state index in [2.05, 4.69) is 15.6 Å². The third-order valence-electron chi connectivity index (χ3n) is 3.79. The highest BCUT2D eigenvalue weighted by molar-refractivity contribution is 7.22. The molecule has 0 saturated carbocycles. The van der Waals surface area contributed by atoms with Crippen LogP contribution in [0.4, 0.5) is 10.8 Å². The summed E-state index contributed by atoms with van der Waals surface area (Å²) in [7, 11) is 0. The van der Waals surface area contributed by atoms with Gasteiger partial charge in [0.25, 0.3) is 5.91 Å². The van der Waals surface area contributed by atoms with E-state index in [0.717, 1.165) is 15.8 Å². The van der Waals surface area contributed by atoms with E-state index in [1.807, 2.05) is 51.1 Å². The molecule has 1 aromatic heterocycles. The van der Waals surface area contributed by atoms with Crippen LogP contribution in [0.1, 0.15) is 19.4 Å². The summed E-state index contributed by atoms with van der Waals surface area (Å²) >= 11 is 1.40. The molecule has 0 radical (unpaired) electrons. The molecule has 0 aliphatic carbocycles. The monoisotopic (exact) mass is 383 g/mol. The number of amides is 2. The zero-order valence-corrected chi connectivity index (χ0v) is 16.2. The number of nitrogens with one attached hydrogen (secondary N) is 2. The number of ether oxygens (including phenoxy) is 1. The molecule has 2 aromatic carbocycles. The summed E-state index contributed by atoms with van der Waals surface area (Å²) in [5.41, 5.74) is 2.42. The van der Waals surface area contributed by atoms with Gasteiger partial charge >= 0.3 is 0 Å². The number of carbonyl (C=O) groups is 2. The van der Waals surface area contributed by atoms with Crippen molar-refractivity contribution in [1.82, 2.24) is 4.98 Å². The van der Waals surface area contributed by atoms with Gasteiger partial charge in [-0.1, -0.05) is 37.3 Å². The highest BCUT2D eigenvalue weighted by atomic mass is 32.1. The first kappa shape index (κ1) is 18.8. The normalized spacial score (nSPS) is 10.8. The van der Waals surface area contributed by atoms with E-state index in [0.29, 0.717) is 16.6 Å². The summed E-state index contributed by atoms with van der Waals surface area (Å²) in [6.45, 7) is 5.55. The molecule has 27 heavy (non-hydrogen) atoms. The Labute approximate surface area is 161 Å². The molecule has 0 aliphatic rings. The van der Waals surface area contributed by atoms with E-state index in [-0.39, 0.29) is 24.3 Å². The maximum Gasteiger partial charge on any atom is 0.262 e. The number of anilines is 2. The summed E-state index contributed by atoms with van der Waals surface area (Å²) < 4.78 is 6.44. The van der Waals surface area contributed by atoms with Crippen LogP contribution in [0, 0.1) is 12.8 Å². The fourth-order valence-corrected chi connectivity index (χ4v) is 3.21. The molecule has 3 aromatic rings. The minimum Gasteiger partial charge on any atom is -0.484 e. The molecular formula is C20H21N3O3S. The van der Waals surface area contributed by atoms with Crippen molar-refractivity contribution in [2.45, 2.75) is 20.8 Å². The van der Waals surface area contributed by atoms with Crippen LogP contribution in [-0.2, 0) is 9.59 Å². The Kier molecular flexibility index (Phi) is 5.71. The Morgan fingerprint density at radius 3 is 2.70 bits per heavy atom. The predicted molar refractivity (Wildman–Crippen MR) is 108 cm³/mol. The second kappa shape index (κ2) is 8.18. The van der Waals surface area contributed by atoms with Crippen molar-refractivity contribution in [2.24, 2.45) is 5.92 Å². The fourth-order valence-electron chi connectivity index (χ4n) is 2.36. The maximum atomic E-state index is 12.1. The summed E-state index contributed by atoms with van der Waals surface area (Å²) in [6.07, 6.45) is 0. The van der Waals surface area contributed by atoms with E-state index in [9.17, 15) is 9.59 Å². The standard InChI is InChI=1S/C20H21N3O3S/c1-12(2)19(25)23-20-22-16-10-14(7-8-17(16)27-20)21-18(24)11-26-15-6-4-5-13(3)9-15/h4-10,12H,11H2,1-3H3,(H,21,24)(H,22,23,25). The van der Waals surface area contributed by atoms with Gasteiger partial charge in [0, 0.05) is 11.6 Å². The molecule has 0 fully saturated rings. The van der Waals surface area contributed by atoms with Crippen molar-refractivity contribution in [2.75, 3.05) is 17.2 Å². The Morgan fingerprint density at radius 1 is 1.15 bits per heavy atom. The Bertz CT molecular complexity index is 982. The zero-order chi connectivity index (χ0) is 19.4. The molecule has 2 N–H and O–H groups in total. The van der Waals surface area contributed by atoms with E-state index < -0.39 is 0 Å². The molecule has 0 aliphatic heterocycles. The highest BCUT2D eigenvalue weighted by Gasteiger charge is 2.12. The van der Waals surface area contributed by atoms with E-state index in [1.165, 1.54) is 11.3 Å². The summed E-state index contributed by atoms with van der Waals surface area (Å²) in [4.78, 5) is 28.3. The number of hydrogen-bond donors (Lipinski definition) is 2. The number of nitrogens with zero attached hydrogens (tertiary/aromatic N) is 1. The first-order chi connectivity index (χ1) is 12.9. The fraction of sp³-hybridized carbons (Fsp3) is 0.250. The van der Waals surface area contributed by atoms with Crippen LogP contribution in [0.5, 0.6) is 5.75 Å². The minimum absolute atomic E-state index is 0.0733. The van der Waals surface area contributed by atoms with Gasteiger partial charge < -0.3 is 15.4 Å². The number of benzene rings is 2. The Hall–Kier alpha value is -2.93. The molecule has 3 rings (SSSR count). The Morgan fingerprint density at radius 2 is 1.96 bits per heavy atom. The van der Waals surface area contributed by atoms with E-state index >= 15 is 0 Å². The first-order valence-electron chi connectivity index (χ1n) is 8.61. The molecule has 0 atom stereocenters. The van der Waals surface area contributed by atoms with Crippen LogP contribution in [0.3, 0.4) is 0 Å². The van der Waals surface area contributed by atoms with Gasteiger partial charge in [-0.2, -0.15) is 0 Å². The molecule has 1 heterocycles. The minimum atomic E-state index is -0.251. The van der Waals surface area contributed by atoms with Gasteiger partial charge in [0.1, 0.15) is 5.75 Å². The molecule has 7 heteroatoms. The van der Waals surface area contributed by atoms with Crippen molar-refractivity contribution < 1.29 is 14.3 Å².